The average Bonchev–Trinajstić information content (AvgIpc) is 2.15. The molecular weight excluding hydrogens is 136 g/mol. The normalized spacial score (nSPS) is 35.1. The summed E-state index contributed by atoms with van der Waals surface area (Å²) in [6.45, 7) is 8.42. The lowest BCUT2D eigenvalue weighted by molar-refractivity contribution is -0.119. The van der Waals surface area contributed by atoms with Crippen LogP contribution in [0, 0.1) is 10.8 Å². The largest absolute Gasteiger partial charge is 0.303 e. The number of rotatable bonds is 1. The molecule has 11 heavy (non-hydrogen) atoms. The molecule has 62 valence electrons. The zero-order valence-corrected chi connectivity index (χ0v) is 7.77. The molecule has 0 radical (unpaired) electrons. The van der Waals surface area contributed by atoms with E-state index in [1.165, 1.54) is 5.57 Å². The second-order valence-corrected chi connectivity index (χ2v) is 4.25. The zero-order chi connectivity index (χ0) is 8.70. The van der Waals surface area contributed by atoms with Crippen LogP contribution in [0.1, 0.15) is 34.1 Å². The molecule has 1 aliphatic rings. The maximum atomic E-state index is 10.9. The van der Waals surface area contributed by atoms with E-state index in [0.717, 1.165) is 12.7 Å². The lowest BCUT2D eigenvalue weighted by Gasteiger charge is -2.35. The molecule has 0 spiro atoms. The molecule has 0 amide bonds. The van der Waals surface area contributed by atoms with Crippen molar-refractivity contribution in [2.45, 2.75) is 34.1 Å². The van der Waals surface area contributed by atoms with E-state index >= 15 is 0 Å². The van der Waals surface area contributed by atoms with Crippen LogP contribution in [-0.4, -0.2) is 6.29 Å². The van der Waals surface area contributed by atoms with E-state index in [0.29, 0.717) is 0 Å². The SMILES string of the molecule is CC1=CCC(C)(C=O)C1(C)C. The predicted molar refractivity (Wildman–Crippen MR) is 46.3 cm³/mol. The highest BCUT2D eigenvalue weighted by atomic mass is 16.1. The first kappa shape index (κ1) is 8.51. The summed E-state index contributed by atoms with van der Waals surface area (Å²) in [5.74, 6) is 0. The van der Waals surface area contributed by atoms with E-state index < -0.39 is 0 Å². The highest BCUT2D eigenvalue weighted by molar-refractivity contribution is 5.63. The highest BCUT2D eigenvalue weighted by Gasteiger charge is 2.44. The highest BCUT2D eigenvalue weighted by Crippen LogP contribution is 2.50. The Kier molecular flexibility index (Phi) is 1.70. The van der Waals surface area contributed by atoms with Crippen LogP contribution in [0.4, 0.5) is 0 Å². The van der Waals surface area contributed by atoms with Gasteiger partial charge in [0, 0.05) is 5.41 Å². The van der Waals surface area contributed by atoms with Gasteiger partial charge in [-0.2, -0.15) is 0 Å². The van der Waals surface area contributed by atoms with Gasteiger partial charge < -0.3 is 4.79 Å². The first-order valence-electron chi connectivity index (χ1n) is 4.07. The fourth-order valence-corrected chi connectivity index (χ4v) is 1.52. The van der Waals surface area contributed by atoms with Gasteiger partial charge in [-0.3, -0.25) is 0 Å². The van der Waals surface area contributed by atoms with Gasteiger partial charge in [0.05, 0.1) is 0 Å². The number of hydrogen-bond acceptors (Lipinski definition) is 1. The molecule has 0 fully saturated rings. The van der Waals surface area contributed by atoms with Crippen molar-refractivity contribution in [3.8, 4) is 0 Å². The summed E-state index contributed by atoms with van der Waals surface area (Å²) in [5, 5.41) is 0. The lowest BCUT2D eigenvalue weighted by Crippen LogP contribution is -2.33. The van der Waals surface area contributed by atoms with E-state index in [4.69, 9.17) is 0 Å². The fraction of sp³-hybridized carbons (Fsp3) is 0.700. The van der Waals surface area contributed by atoms with Crippen molar-refractivity contribution < 1.29 is 4.79 Å². The molecule has 1 atom stereocenters. The summed E-state index contributed by atoms with van der Waals surface area (Å²) in [5.41, 5.74) is 1.22. The van der Waals surface area contributed by atoms with Crippen molar-refractivity contribution in [3.05, 3.63) is 11.6 Å². The smallest absolute Gasteiger partial charge is 0.127 e. The summed E-state index contributed by atoms with van der Waals surface area (Å²) in [7, 11) is 0. The van der Waals surface area contributed by atoms with Crippen molar-refractivity contribution in [1.29, 1.82) is 0 Å². The van der Waals surface area contributed by atoms with Crippen LogP contribution >= 0.6 is 0 Å². The number of carbonyl (C=O) groups excluding carboxylic acids is 1. The van der Waals surface area contributed by atoms with Crippen molar-refractivity contribution in [3.63, 3.8) is 0 Å². The summed E-state index contributed by atoms with van der Waals surface area (Å²) < 4.78 is 0. The molecule has 0 bridgehead atoms. The van der Waals surface area contributed by atoms with Gasteiger partial charge in [0.1, 0.15) is 6.29 Å². The van der Waals surface area contributed by atoms with Crippen molar-refractivity contribution in [2.75, 3.05) is 0 Å². The molecule has 0 aromatic carbocycles. The average molecular weight is 152 g/mol. The van der Waals surface area contributed by atoms with Gasteiger partial charge in [0.2, 0.25) is 0 Å². The Morgan fingerprint density at radius 2 is 2.00 bits per heavy atom. The van der Waals surface area contributed by atoms with E-state index in [9.17, 15) is 4.79 Å². The molecule has 1 heteroatoms. The molecule has 0 saturated heterocycles. The van der Waals surface area contributed by atoms with Crippen molar-refractivity contribution in [1.82, 2.24) is 0 Å². The van der Waals surface area contributed by atoms with Crippen LogP contribution in [0.15, 0.2) is 11.6 Å². The van der Waals surface area contributed by atoms with Crippen LogP contribution in [0.2, 0.25) is 0 Å². The lowest BCUT2D eigenvalue weighted by atomic mass is 9.67. The molecule has 0 saturated carbocycles. The summed E-state index contributed by atoms with van der Waals surface area (Å²) in [6, 6.07) is 0. The van der Waals surface area contributed by atoms with E-state index in [2.05, 4.69) is 26.8 Å². The predicted octanol–water partition coefficient (Wildman–Crippen LogP) is 2.57. The third-order valence-corrected chi connectivity index (χ3v) is 3.51. The monoisotopic (exact) mass is 152 g/mol. The molecule has 0 aliphatic heterocycles. The van der Waals surface area contributed by atoms with Crippen LogP contribution < -0.4 is 0 Å². The summed E-state index contributed by atoms with van der Waals surface area (Å²) >= 11 is 0. The molecule has 0 aromatic heterocycles. The van der Waals surface area contributed by atoms with Gasteiger partial charge >= 0.3 is 0 Å². The maximum Gasteiger partial charge on any atom is 0.127 e. The van der Waals surface area contributed by atoms with Crippen LogP contribution in [0.5, 0.6) is 0 Å². The van der Waals surface area contributed by atoms with Gasteiger partial charge in [-0.05, 0) is 18.8 Å². The van der Waals surface area contributed by atoms with E-state index in [1.807, 2.05) is 6.92 Å². The number of carbonyl (C=O) groups is 1. The molecule has 0 heterocycles. The Bertz CT molecular complexity index is 213. The molecule has 1 unspecified atom stereocenters. The molecule has 1 aliphatic carbocycles. The zero-order valence-electron chi connectivity index (χ0n) is 7.77. The van der Waals surface area contributed by atoms with Gasteiger partial charge in [-0.15, -0.1) is 0 Å². The minimum absolute atomic E-state index is 0.0503. The van der Waals surface area contributed by atoms with Gasteiger partial charge in [0.15, 0.2) is 0 Å². The van der Waals surface area contributed by atoms with E-state index in [1.54, 1.807) is 0 Å². The minimum Gasteiger partial charge on any atom is -0.303 e. The van der Waals surface area contributed by atoms with Crippen LogP contribution in [0.25, 0.3) is 0 Å². The Hall–Kier alpha value is -0.590. The van der Waals surface area contributed by atoms with Gasteiger partial charge in [-0.25, -0.2) is 0 Å². The van der Waals surface area contributed by atoms with Crippen LogP contribution in [-0.2, 0) is 4.79 Å². The Morgan fingerprint density at radius 3 is 2.18 bits per heavy atom. The first-order valence-corrected chi connectivity index (χ1v) is 4.07. The minimum atomic E-state index is -0.170. The molecule has 0 N–H and O–H groups in total. The second kappa shape index (κ2) is 2.20. The van der Waals surface area contributed by atoms with Crippen LogP contribution in [0.3, 0.4) is 0 Å². The Balaban J connectivity index is 3.03. The molecule has 0 aromatic rings. The standard InChI is InChI=1S/C10H16O/c1-8-5-6-10(4,7-11)9(8,2)3/h5,7H,6H2,1-4H3. The van der Waals surface area contributed by atoms with Gasteiger partial charge in [-0.1, -0.05) is 32.4 Å². The third kappa shape index (κ3) is 0.943. The Morgan fingerprint density at radius 1 is 1.45 bits per heavy atom. The quantitative estimate of drug-likeness (QED) is 0.417. The summed E-state index contributed by atoms with van der Waals surface area (Å²) in [4.78, 5) is 10.9. The Labute approximate surface area is 68.5 Å². The fourth-order valence-electron chi connectivity index (χ4n) is 1.52. The molecule has 1 nitrogen and oxygen atoms in total. The molecule has 1 rings (SSSR count). The van der Waals surface area contributed by atoms with E-state index in [-0.39, 0.29) is 10.8 Å². The number of hydrogen-bond donors (Lipinski definition) is 0. The van der Waals surface area contributed by atoms with Crippen molar-refractivity contribution >= 4 is 6.29 Å². The number of allylic oxidation sites excluding steroid dienone is 2. The number of aldehydes is 1. The topological polar surface area (TPSA) is 17.1 Å². The maximum absolute atomic E-state index is 10.9. The first-order chi connectivity index (χ1) is 4.94. The second-order valence-electron chi connectivity index (χ2n) is 4.25. The molecular formula is C10H16O. The summed E-state index contributed by atoms with van der Waals surface area (Å²) in [6.07, 6.45) is 4.17. The van der Waals surface area contributed by atoms with Gasteiger partial charge in [0.25, 0.3) is 0 Å². The third-order valence-electron chi connectivity index (χ3n) is 3.51. The van der Waals surface area contributed by atoms with Crippen molar-refractivity contribution in [2.24, 2.45) is 10.8 Å².